The molecule has 34 heavy (non-hydrogen) atoms. The van der Waals surface area contributed by atoms with Crippen LogP contribution in [0, 0.1) is 0 Å². The van der Waals surface area contributed by atoms with Crippen LogP contribution in [0.1, 0.15) is 28.8 Å². The fourth-order valence-corrected chi connectivity index (χ4v) is 5.22. The quantitative estimate of drug-likeness (QED) is 0.573. The minimum atomic E-state index is -3.30. The van der Waals surface area contributed by atoms with Gasteiger partial charge in [-0.05, 0) is 41.8 Å². The molecule has 0 saturated carbocycles. The SMILES string of the molecule is Cn1ncc(-c2ccc3c(c2)CN(C2CCC(=O)NC2=O)C3=O)c1-c1ccc(S(C)(=O)=O)cc1. The molecule has 2 aliphatic heterocycles. The number of benzene rings is 2. The van der Waals surface area contributed by atoms with Crippen LogP contribution in [0.3, 0.4) is 0 Å². The predicted octanol–water partition coefficient (Wildman–Crippen LogP) is 1.92. The minimum absolute atomic E-state index is 0.207. The molecule has 1 unspecified atom stereocenters. The fourth-order valence-electron chi connectivity index (χ4n) is 4.59. The second-order valence-corrected chi connectivity index (χ2v) is 10.6. The minimum Gasteiger partial charge on any atom is -0.322 e. The first-order chi connectivity index (χ1) is 16.1. The summed E-state index contributed by atoms with van der Waals surface area (Å²) in [4.78, 5) is 38.5. The van der Waals surface area contributed by atoms with E-state index in [4.69, 9.17) is 0 Å². The zero-order valence-electron chi connectivity index (χ0n) is 18.6. The van der Waals surface area contributed by atoms with E-state index in [1.165, 1.54) is 11.2 Å². The number of carbonyl (C=O) groups excluding carboxylic acids is 3. The Kier molecular flexibility index (Phi) is 5.12. The van der Waals surface area contributed by atoms with Crippen molar-refractivity contribution >= 4 is 27.6 Å². The predicted molar refractivity (Wildman–Crippen MR) is 123 cm³/mol. The average molecular weight is 479 g/mol. The van der Waals surface area contributed by atoms with E-state index in [0.29, 0.717) is 12.0 Å². The molecular formula is C24H22N4O5S. The fraction of sp³-hybridized carbons (Fsp3) is 0.250. The van der Waals surface area contributed by atoms with E-state index in [1.807, 2.05) is 19.2 Å². The molecule has 1 aromatic heterocycles. The van der Waals surface area contributed by atoms with Crippen LogP contribution in [0.2, 0.25) is 0 Å². The molecule has 0 radical (unpaired) electrons. The Morgan fingerprint density at radius 1 is 1.00 bits per heavy atom. The van der Waals surface area contributed by atoms with Crippen LogP contribution in [0.5, 0.6) is 0 Å². The Hall–Kier alpha value is -3.79. The highest BCUT2D eigenvalue weighted by atomic mass is 32.2. The van der Waals surface area contributed by atoms with Crippen molar-refractivity contribution in [3.8, 4) is 22.4 Å². The lowest BCUT2D eigenvalue weighted by atomic mass is 9.98. The van der Waals surface area contributed by atoms with E-state index < -0.39 is 21.8 Å². The Balaban J connectivity index is 1.48. The molecule has 3 heterocycles. The summed E-state index contributed by atoms with van der Waals surface area (Å²) in [5, 5.41) is 6.70. The lowest BCUT2D eigenvalue weighted by Crippen LogP contribution is -2.52. The van der Waals surface area contributed by atoms with Crippen LogP contribution in [0.15, 0.2) is 53.6 Å². The zero-order valence-corrected chi connectivity index (χ0v) is 19.4. The number of nitrogens with zero attached hydrogens (tertiary/aromatic N) is 3. The molecular weight excluding hydrogens is 456 g/mol. The van der Waals surface area contributed by atoms with E-state index in [0.717, 1.165) is 27.9 Å². The van der Waals surface area contributed by atoms with Crippen molar-refractivity contribution in [1.82, 2.24) is 20.0 Å². The highest BCUT2D eigenvalue weighted by molar-refractivity contribution is 7.90. The smallest absolute Gasteiger partial charge is 0.255 e. The van der Waals surface area contributed by atoms with Gasteiger partial charge in [0, 0.05) is 43.0 Å². The maximum Gasteiger partial charge on any atom is 0.255 e. The third kappa shape index (κ3) is 3.69. The van der Waals surface area contributed by atoms with Crippen LogP contribution in [-0.4, -0.2) is 53.1 Å². The molecule has 10 heteroatoms. The van der Waals surface area contributed by atoms with E-state index in [-0.39, 0.29) is 29.7 Å². The number of hydrogen-bond donors (Lipinski definition) is 1. The van der Waals surface area contributed by atoms with Crippen LogP contribution in [0.4, 0.5) is 0 Å². The second kappa shape index (κ2) is 7.91. The van der Waals surface area contributed by atoms with Crippen LogP contribution >= 0.6 is 0 Å². The Labute approximate surface area is 196 Å². The molecule has 5 rings (SSSR count). The standard InChI is InChI=1S/C24H22N4O5S/c1-27-22(14-3-6-17(7-4-14)34(2,32)33)19(12-25-27)15-5-8-18-16(11-15)13-28(24(18)31)20-9-10-21(29)26-23(20)30/h3-8,11-12,20H,9-10,13H2,1-2H3,(H,26,29,30). The van der Waals surface area contributed by atoms with E-state index in [9.17, 15) is 22.8 Å². The number of rotatable bonds is 4. The highest BCUT2D eigenvalue weighted by Gasteiger charge is 2.39. The van der Waals surface area contributed by atoms with Gasteiger partial charge in [0.1, 0.15) is 6.04 Å². The summed E-state index contributed by atoms with van der Waals surface area (Å²) in [6, 6.07) is 11.5. The van der Waals surface area contributed by atoms with Crippen molar-refractivity contribution in [2.24, 2.45) is 7.05 Å². The normalized spacial score (nSPS) is 18.2. The molecule has 2 aromatic carbocycles. The number of nitrogens with one attached hydrogen (secondary N) is 1. The molecule has 0 spiro atoms. The first kappa shape index (κ1) is 22.0. The van der Waals surface area contributed by atoms with Gasteiger partial charge >= 0.3 is 0 Å². The Bertz CT molecular complexity index is 1460. The molecule has 0 bridgehead atoms. The van der Waals surface area contributed by atoms with Gasteiger partial charge in [0.05, 0.1) is 16.8 Å². The average Bonchev–Trinajstić information content (AvgIpc) is 3.33. The topological polar surface area (TPSA) is 118 Å². The number of imide groups is 1. The van der Waals surface area contributed by atoms with E-state index >= 15 is 0 Å². The largest absolute Gasteiger partial charge is 0.322 e. The Morgan fingerprint density at radius 2 is 1.71 bits per heavy atom. The monoisotopic (exact) mass is 478 g/mol. The summed E-state index contributed by atoms with van der Waals surface area (Å²) < 4.78 is 25.3. The maximum atomic E-state index is 13.0. The molecule has 174 valence electrons. The number of carbonyl (C=O) groups is 3. The van der Waals surface area contributed by atoms with E-state index in [1.54, 1.807) is 41.2 Å². The number of hydrogen-bond acceptors (Lipinski definition) is 6. The van der Waals surface area contributed by atoms with Gasteiger partial charge in [0.2, 0.25) is 11.8 Å². The number of fused-ring (bicyclic) bond motifs is 1. The number of aromatic nitrogens is 2. The van der Waals surface area contributed by atoms with E-state index in [2.05, 4.69) is 10.4 Å². The van der Waals surface area contributed by atoms with Crippen molar-refractivity contribution in [2.45, 2.75) is 30.3 Å². The van der Waals surface area contributed by atoms with Gasteiger partial charge < -0.3 is 4.90 Å². The van der Waals surface area contributed by atoms with Crippen LogP contribution in [-0.2, 0) is 33.0 Å². The Morgan fingerprint density at radius 3 is 2.38 bits per heavy atom. The maximum absolute atomic E-state index is 13.0. The summed E-state index contributed by atoms with van der Waals surface area (Å²) in [6.07, 6.45) is 3.42. The van der Waals surface area contributed by atoms with Gasteiger partial charge in [-0.15, -0.1) is 0 Å². The van der Waals surface area contributed by atoms with Crippen LogP contribution in [0.25, 0.3) is 22.4 Å². The summed E-state index contributed by atoms with van der Waals surface area (Å²) >= 11 is 0. The number of piperidine rings is 1. The van der Waals surface area contributed by atoms with Crippen molar-refractivity contribution in [3.63, 3.8) is 0 Å². The first-order valence-corrected chi connectivity index (χ1v) is 12.6. The first-order valence-electron chi connectivity index (χ1n) is 10.7. The third-order valence-corrected chi connectivity index (χ3v) is 7.46. The van der Waals surface area contributed by atoms with Gasteiger partial charge in [0.15, 0.2) is 9.84 Å². The molecule has 9 nitrogen and oxygen atoms in total. The molecule has 3 aromatic rings. The number of amides is 3. The molecule has 1 fully saturated rings. The van der Waals surface area contributed by atoms with Crippen LogP contribution < -0.4 is 5.32 Å². The van der Waals surface area contributed by atoms with Gasteiger partial charge in [0.25, 0.3) is 5.91 Å². The third-order valence-electron chi connectivity index (χ3n) is 6.33. The number of aryl methyl sites for hydroxylation is 1. The van der Waals surface area contributed by atoms with Crippen molar-refractivity contribution < 1.29 is 22.8 Å². The molecule has 0 aliphatic carbocycles. The lowest BCUT2D eigenvalue weighted by Gasteiger charge is -2.29. The molecule has 3 amide bonds. The summed E-state index contributed by atoms with van der Waals surface area (Å²) in [6.45, 7) is 0.285. The van der Waals surface area contributed by atoms with Crippen molar-refractivity contribution in [1.29, 1.82) is 0 Å². The summed E-state index contributed by atoms with van der Waals surface area (Å²) in [5.74, 6) is -0.982. The number of sulfone groups is 1. The zero-order chi connectivity index (χ0) is 24.2. The van der Waals surface area contributed by atoms with Crippen molar-refractivity contribution in [3.05, 3.63) is 59.8 Å². The van der Waals surface area contributed by atoms with Crippen molar-refractivity contribution in [2.75, 3.05) is 6.26 Å². The molecule has 1 atom stereocenters. The second-order valence-electron chi connectivity index (χ2n) is 8.60. The van der Waals surface area contributed by atoms with Gasteiger partial charge in [-0.3, -0.25) is 24.4 Å². The lowest BCUT2D eigenvalue weighted by molar-refractivity contribution is -0.136. The highest BCUT2D eigenvalue weighted by Crippen LogP contribution is 2.36. The molecule has 2 aliphatic rings. The van der Waals surface area contributed by atoms with Gasteiger partial charge in [-0.25, -0.2) is 8.42 Å². The van der Waals surface area contributed by atoms with Gasteiger partial charge in [-0.2, -0.15) is 5.10 Å². The van der Waals surface area contributed by atoms with Gasteiger partial charge in [-0.1, -0.05) is 18.2 Å². The summed E-state index contributed by atoms with van der Waals surface area (Å²) in [5.41, 5.74) is 4.65. The summed E-state index contributed by atoms with van der Waals surface area (Å²) in [7, 11) is -1.49. The molecule has 1 N–H and O–H groups in total. The molecule has 1 saturated heterocycles.